The second kappa shape index (κ2) is 42.4. The van der Waals surface area contributed by atoms with Crippen molar-refractivity contribution in [2.45, 2.75) is 205 Å². The molecule has 5 heterocycles. The van der Waals surface area contributed by atoms with E-state index in [1.807, 2.05) is 47.2 Å². The summed E-state index contributed by atoms with van der Waals surface area (Å²) in [7, 11) is -4.67. The second-order valence-electron chi connectivity index (χ2n) is 27.7. The van der Waals surface area contributed by atoms with Crippen molar-refractivity contribution in [3.63, 3.8) is 0 Å². The maximum Gasteiger partial charge on any atom is 1.00 e. The number of carboxylic acids is 1. The summed E-state index contributed by atoms with van der Waals surface area (Å²) in [4.78, 5) is 72.2. The number of allylic oxidation sites excluding steroid dienone is 7. The minimum Gasteiger partial charge on any atom is -0.744 e. The number of carbonyl (C=O) groups excluding carboxylic acids is 4. The molecule has 2 atom stereocenters. The third-order valence-electron chi connectivity index (χ3n) is 19.5. The van der Waals surface area contributed by atoms with E-state index < -0.39 is 40.6 Å². The number of nitrogens with one attached hydrogen (secondary N) is 3. The summed E-state index contributed by atoms with van der Waals surface area (Å²) in [5, 5.41) is 22.4. The molecule has 18 nitrogen and oxygen atoms in total. The van der Waals surface area contributed by atoms with Crippen LogP contribution in [-0.2, 0) is 54.2 Å². The molecule has 0 radical (unpaired) electrons. The van der Waals surface area contributed by atoms with Crippen LogP contribution in [0.15, 0.2) is 166 Å². The number of hydrogen-bond acceptors (Lipinski definition) is 14. The predicted molar refractivity (Wildman–Crippen MR) is 401 cm³/mol. The van der Waals surface area contributed by atoms with Crippen LogP contribution >= 0.6 is 22.7 Å². The number of ether oxygens (including phenoxy) is 3. The minimum atomic E-state index is -4.67. The van der Waals surface area contributed by atoms with Gasteiger partial charge in [-0.05, 0) is 204 Å². The molecule has 0 bridgehead atoms. The molecule has 0 saturated heterocycles. The fourth-order valence-corrected chi connectivity index (χ4v) is 15.9. The number of benzene rings is 4. The smallest absolute Gasteiger partial charge is 0.744 e. The van der Waals surface area contributed by atoms with E-state index >= 15 is 0 Å². The average molecular weight is 1510 g/mol. The molecule has 2 aromatic heterocycles. The number of Topliss-reactive ketones (excluding diaryl/α,β-unsaturated/α-hetero) is 1. The fraction of sp³-hybridized carbons (Fsp3) is 0.432. The Morgan fingerprint density at radius 3 is 2.13 bits per heavy atom. The Balaban J connectivity index is 0.00000513. The van der Waals surface area contributed by atoms with Crippen molar-refractivity contribution in [3.05, 3.63) is 198 Å². The number of fused-ring (bicyclic) bond motifs is 3. The van der Waals surface area contributed by atoms with Gasteiger partial charge in [0.1, 0.15) is 40.0 Å². The van der Waals surface area contributed by atoms with Gasteiger partial charge in [0.2, 0.25) is 24.3 Å². The minimum absolute atomic E-state index is 0. The van der Waals surface area contributed by atoms with Gasteiger partial charge in [0, 0.05) is 84.0 Å². The molecule has 6 aromatic rings. The molecule has 0 spiro atoms. The average Bonchev–Trinajstić information content (AvgIpc) is 1.59. The number of rotatable bonds is 38. The second-order valence-corrected chi connectivity index (χ2v) is 31.1. The first kappa shape index (κ1) is 86.6. The van der Waals surface area contributed by atoms with Crippen LogP contribution in [0.1, 0.15) is 193 Å². The molecule has 0 fully saturated rings. The van der Waals surface area contributed by atoms with Gasteiger partial charge in [0.05, 0.1) is 35.9 Å². The number of carboxylic acid groups (broad SMARTS) is 1. The van der Waals surface area contributed by atoms with Crippen molar-refractivity contribution >= 4 is 79.5 Å². The molecule has 1 aliphatic carbocycles. The van der Waals surface area contributed by atoms with Crippen molar-refractivity contribution in [3.8, 4) is 17.2 Å². The van der Waals surface area contributed by atoms with Crippen LogP contribution in [0.25, 0.3) is 0 Å². The summed E-state index contributed by atoms with van der Waals surface area (Å²) in [5.74, 6) is 1.29. The number of aliphatic carboxylic acids is 1. The molecule has 4 N–H and O–H groups in total. The molecule has 105 heavy (non-hydrogen) atoms. The van der Waals surface area contributed by atoms with Crippen molar-refractivity contribution in [1.29, 1.82) is 0 Å². The molecule has 10 rings (SSSR count). The van der Waals surface area contributed by atoms with Gasteiger partial charge >= 0.3 is 101 Å². The van der Waals surface area contributed by atoms with Gasteiger partial charge in [-0.2, -0.15) is 4.58 Å². The van der Waals surface area contributed by atoms with Crippen LogP contribution in [0.3, 0.4) is 0 Å². The van der Waals surface area contributed by atoms with Gasteiger partial charge in [0.25, 0.3) is 0 Å². The SMILES string of the molecule is CCCCC[N+]1=C(C=CC2=C(Oc3ccc(C)cc3)C(=CC=C3Cc4cc(S(=O)(=O)[O-])ccc4N3CCCCCC(=O)CCCCCCC(=O)NCCCC[C@H](NC(=O)N[C@@H](CC(=O)O)c3ccc4c(c3)OCO4)C(=O)N(Cc3cccs3)Cc3cccs3)CCC2)C(C)(C)c2cc(C)ccc21.[Na+].[Na+].[Na+]. The first-order valence-corrected chi connectivity index (χ1v) is 39.4. The van der Waals surface area contributed by atoms with Crippen LogP contribution in [0, 0.1) is 13.8 Å². The zero-order chi connectivity index (χ0) is 72.2. The van der Waals surface area contributed by atoms with E-state index in [-0.39, 0.29) is 130 Å². The van der Waals surface area contributed by atoms with E-state index in [1.54, 1.807) is 29.2 Å². The number of thiophene rings is 2. The largest absolute Gasteiger partial charge is 1.00 e. The number of carbonyl (C=O) groups is 5. The van der Waals surface area contributed by atoms with E-state index in [0.717, 1.165) is 139 Å². The molecule has 24 heteroatoms. The van der Waals surface area contributed by atoms with Crippen LogP contribution in [-0.4, -0.2) is 95.3 Å². The Bertz CT molecular complexity index is 4180. The number of amides is 4. The van der Waals surface area contributed by atoms with Crippen molar-refractivity contribution < 1.29 is 150 Å². The maximum atomic E-state index is 14.5. The van der Waals surface area contributed by atoms with Crippen LogP contribution < -0.4 is 124 Å². The third-order valence-corrected chi connectivity index (χ3v) is 22.0. The topological polar surface area (TPSA) is 236 Å². The van der Waals surface area contributed by atoms with Crippen molar-refractivity contribution in [2.24, 2.45) is 0 Å². The zero-order valence-electron chi connectivity index (χ0n) is 62.5. The summed E-state index contributed by atoms with van der Waals surface area (Å²) in [5.41, 5.74) is 11.4. The summed E-state index contributed by atoms with van der Waals surface area (Å²) >= 11 is 3.07. The number of urea groups is 1. The van der Waals surface area contributed by atoms with E-state index in [9.17, 15) is 42.0 Å². The molecule has 0 saturated carbocycles. The summed E-state index contributed by atoms with van der Waals surface area (Å²) in [6, 6.07) is 29.8. The molecule has 4 aromatic carbocycles. The number of hydrogen-bond donors (Lipinski definition) is 4. The van der Waals surface area contributed by atoms with Gasteiger partial charge < -0.3 is 49.6 Å². The van der Waals surface area contributed by atoms with Gasteiger partial charge in [-0.15, -0.1) is 22.7 Å². The Kier molecular flexibility index (Phi) is 34.9. The van der Waals surface area contributed by atoms with Gasteiger partial charge in [-0.1, -0.05) is 86.2 Å². The summed E-state index contributed by atoms with van der Waals surface area (Å²) < 4.78 is 57.1. The van der Waals surface area contributed by atoms with Gasteiger partial charge in [-0.3, -0.25) is 19.2 Å². The molecule has 542 valence electrons. The Morgan fingerprint density at radius 1 is 0.752 bits per heavy atom. The number of aryl methyl sites for hydroxylation is 2. The van der Waals surface area contributed by atoms with Crippen LogP contribution in [0.5, 0.6) is 17.2 Å². The standard InChI is InChI=1S/C81H98N6O12S3.3Na/c1-6-7-16-45-87-72-39-31-57(3)48-68(72)81(4,5)75(87)42-34-59-22-18-21-58(78(59)99-64-36-29-56(2)30-37-64)32-35-62-49-61-50-67(102(94,95)96)38-40-71(61)86(62)44-17-10-12-24-63(88)23-11-8-9-13-28-76(89)82-43-15-14-27-69(79(92)85(53-65-25-19-46-100-65)54-66-26-20-47-101-66)83-80(93)84-70(52-77(90)91)60-33-41-73-74(51-60)98-55-97-73;;;/h19-20,25-26,29-42,46-48,50-51,69-70H,6-18,21-24,27-28,43-45,49,52-55H2,1-5H3,(H4-,82,83,84,89,90,91,93,94,95,96);;;/q;3*+1/t69-,70-;;;/m0.../s1. The maximum absolute atomic E-state index is 14.5. The molecule has 3 aliphatic heterocycles. The molecular formula is C81H98N6Na3O12S3+3. The number of unbranched alkanes of at least 4 members (excludes halogenated alkanes) is 8. The summed E-state index contributed by atoms with van der Waals surface area (Å²) in [6.07, 6.45) is 22.9. The quantitative estimate of drug-likeness (QED) is 0.0128. The van der Waals surface area contributed by atoms with E-state index in [1.165, 1.54) is 57.3 Å². The third kappa shape index (κ3) is 24.9. The van der Waals surface area contributed by atoms with Gasteiger partial charge in [0.15, 0.2) is 17.2 Å². The Morgan fingerprint density at radius 2 is 1.45 bits per heavy atom. The van der Waals surface area contributed by atoms with Crippen molar-refractivity contribution in [1.82, 2.24) is 20.9 Å². The van der Waals surface area contributed by atoms with E-state index in [4.69, 9.17) is 14.2 Å². The van der Waals surface area contributed by atoms with Gasteiger partial charge in [-0.25, -0.2) is 13.2 Å². The predicted octanol–water partition coefficient (Wildman–Crippen LogP) is 7.45. The molecular weight excluding hydrogens is 1410 g/mol. The van der Waals surface area contributed by atoms with Crippen molar-refractivity contribution in [2.75, 3.05) is 31.3 Å². The number of ketones is 1. The van der Waals surface area contributed by atoms with Crippen LogP contribution in [0.2, 0.25) is 0 Å². The number of anilines is 1. The fourth-order valence-electron chi connectivity index (χ4n) is 13.9. The zero-order valence-corrected chi connectivity index (χ0v) is 71.0. The Hall–Kier alpha value is -5.63. The number of nitrogens with zero attached hydrogens (tertiary/aromatic N) is 3. The molecule has 0 unspecified atom stereocenters. The summed E-state index contributed by atoms with van der Waals surface area (Å²) in [6.45, 7) is 13.8. The normalized spacial score (nSPS) is 15.5. The monoisotopic (exact) mass is 1510 g/mol. The Labute approximate surface area is 694 Å². The molecule has 4 aliphatic rings. The van der Waals surface area contributed by atoms with E-state index in [0.29, 0.717) is 88.2 Å². The first-order valence-electron chi connectivity index (χ1n) is 36.2. The van der Waals surface area contributed by atoms with E-state index in [2.05, 4.69) is 115 Å². The molecule has 4 amide bonds. The van der Waals surface area contributed by atoms with Crippen LogP contribution in [0.4, 0.5) is 16.2 Å². The first-order chi connectivity index (χ1) is 49.2.